The molecule has 76 valence electrons. The number of nitrogens with zero attached hydrogens (tertiary/aromatic N) is 2. The lowest BCUT2D eigenvalue weighted by Crippen LogP contribution is -2.26. The van der Waals surface area contributed by atoms with Gasteiger partial charge in [-0.05, 0) is 18.9 Å². The zero-order valence-electron chi connectivity index (χ0n) is 8.66. The van der Waals surface area contributed by atoms with Crippen molar-refractivity contribution in [2.45, 2.75) is 44.4 Å². The number of nitrogen functional groups attached to an aromatic ring is 1. The molecule has 0 radical (unpaired) electrons. The highest BCUT2D eigenvalue weighted by Gasteiger charge is 2.30. The Morgan fingerprint density at radius 3 is 2.64 bits per heavy atom. The lowest BCUT2D eigenvalue weighted by atomic mass is 9.73. The maximum Gasteiger partial charge on any atom is 0.220 e. The number of hydrogen-bond acceptors (Lipinski definition) is 3. The van der Waals surface area contributed by atoms with Crippen LogP contribution < -0.4 is 5.73 Å². The van der Waals surface area contributed by atoms with Crippen LogP contribution in [-0.2, 0) is 5.41 Å². The minimum atomic E-state index is 0.231. The molecule has 1 aromatic rings. The predicted octanol–water partition coefficient (Wildman–Crippen LogP) is 2.28. The number of aromatic nitrogens is 2. The SMILES string of the molecule is CC1(c2ccnc(N)n2)CCCCC1. The van der Waals surface area contributed by atoms with Crippen molar-refractivity contribution in [3.8, 4) is 0 Å². The van der Waals surface area contributed by atoms with Crippen molar-refractivity contribution in [2.75, 3.05) is 5.73 Å². The van der Waals surface area contributed by atoms with E-state index in [1.807, 2.05) is 6.07 Å². The Balaban J connectivity index is 2.28. The average Bonchev–Trinajstić information content (AvgIpc) is 2.19. The van der Waals surface area contributed by atoms with Gasteiger partial charge in [-0.1, -0.05) is 26.2 Å². The third-order valence-electron chi connectivity index (χ3n) is 3.25. The van der Waals surface area contributed by atoms with E-state index in [1.165, 1.54) is 32.1 Å². The molecule has 0 spiro atoms. The number of rotatable bonds is 1. The standard InChI is InChI=1S/C11H17N3/c1-11(6-3-2-4-7-11)9-5-8-13-10(12)14-9/h5,8H,2-4,6-7H2,1H3,(H2,12,13,14). The van der Waals surface area contributed by atoms with Crippen LogP contribution in [0.15, 0.2) is 12.3 Å². The first kappa shape index (κ1) is 9.44. The zero-order chi connectivity index (χ0) is 10.0. The minimum Gasteiger partial charge on any atom is -0.368 e. The van der Waals surface area contributed by atoms with Crippen LogP contribution in [0.3, 0.4) is 0 Å². The van der Waals surface area contributed by atoms with Crippen LogP contribution in [0.1, 0.15) is 44.7 Å². The van der Waals surface area contributed by atoms with Crippen molar-refractivity contribution in [1.82, 2.24) is 9.97 Å². The molecule has 0 aliphatic heterocycles. The Morgan fingerprint density at radius 1 is 1.29 bits per heavy atom. The minimum absolute atomic E-state index is 0.231. The van der Waals surface area contributed by atoms with Crippen LogP contribution in [-0.4, -0.2) is 9.97 Å². The molecule has 0 saturated heterocycles. The van der Waals surface area contributed by atoms with Gasteiger partial charge in [-0.25, -0.2) is 9.97 Å². The van der Waals surface area contributed by atoms with Gasteiger partial charge >= 0.3 is 0 Å². The van der Waals surface area contributed by atoms with Gasteiger partial charge in [-0.2, -0.15) is 0 Å². The largest absolute Gasteiger partial charge is 0.368 e. The molecule has 0 unspecified atom stereocenters. The Hall–Kier alpha value is -1.12. The average molecular weight is 191 g/mol. The summed E-state index contributed by atoms with van der Waals surface area (Å²) in [6.45, 7) is 2.29. The maximum atomic E-state index is 5.60. The molecule has 2 N–H and O–H groups in total. The van der Waals surface area contributed by atoms with E-state index in [9.17, 15) is 0 Å². The molecule has 3 nitrogen and oxygen atoms in total. The highest BCUT2D eigenvalue weighted by molar-refractivity contribution is 5.23. The van der Waals surface area contributed by atoms with Gasteiger partial charge in [0.25, 0.3) is 0 Å². The smallest absolute Gasteiger partial charge is 0.220 e. The zero-order valence-corrected chi connectivity index (χ0v) is 8.66. The van der Waals surface area contributed by atoms with Crippen LogP contribution in [0.25, 0.3) is 0 Å². The topological polar surface area (TPSA) is 51.8 Å². The van der Waals surface area contributed by atoms with E-state index in [0.29, 0.717) is 5.95 Å². The lowest BCUT2D eigenvalue weighted by Gasteiger charge is -2.32. The van der Waals surface area contributed by atoms with Crippen molar-refractivity contribution in [1.29, 1.82) is 0 Å². The quantitative estimate of drug-likeness (QED) is 0.741. The molecular formula is C11H17N3. The fourth-order valence-corrected chi connectivity index (χ4v) is 2.30. The van der Waals surface area contributed by atoms with Crippen LogP contribution in [0.2, 0.25) is 0 Å². The predicted molar refractivity (Wildman–Crippen MR) is 56.9 cm³/mol. The molecule has 0 atom stereocenters. The summed E-state index contributed by atoms with van der Waals surface area (Å²) in [5.74, 6) is 0.397. The van der Waals surface area contributed by atoms with E-state index in [4.69, 9.17) is 5.73 Å². The summed E-state index contributed by atoms with van der Waals surface area (Å²) in [7, 11) is 0. The monoisotopic (exact) mass is 191 g/mol. The van der Waals surface area contributed by atoms with Gasteiger partial charge < -0.3 is 5.73 Å². The number of hydrogen-bond donors (Lipinski definition) is 1. The summed E-state index contributed by atoms with van der Waals surface area (Å²) in [4.78, 5) is 8.27. The molecule has 1 aliphatic carbocycles. The third-order valence-corrected chi connectivity index (χ3v) is 3.25. The van der Waals surface area contributed by atoms with Gasteiger partial charge in [-0.3, -0.25) is 0 Å². The molecule has 1 saturated carbocycles. The second kappa shape index (κ2) is 3.56. The first-order valence-electron chi connectivity index (χ1n) is 5.30. The van der Waals surface area contributed by atoms with Crippen molar-refractivity contribution in [3.05, 3.63) is 18.0 Å². The van der Waals surface area contributed by atoms with Crippen LogP contribution in [0.5, 0.6) is 0 Å². The fourth-order valence-electron chi connectivity index (χ4n) is 2.30. The van der Waals surface area contributed by atoms with E-state index < -0.39 is 0 Å². The molecule has 14 heavy (non-hydrogen) atoms. The Morgan fingerprint density at radius 2 is 2.00 bits per heavy atom. The molecule has 0 aromatic carbocycles. The van der Waals surface area contributed by atoms with Crippen LogP contribution >= 0.6 is 0 Å². The van der Waals surface area contributed by atoms with Gasteiger partial charge in [0.15, 0.2) is 0 Å². The highest BCUT2D eigenvalue weighted by atomic mass is 15.0. The lowest BCUT2D eigenvalue weighted by molar-refractivity contribution is 0.312. The molecule has 1 fully saturated rings. The second-order valence-corrected chi connectivity index (χ2v) is 4.42. The molecule has 0 bridgehead atoms. The molecule has 0 amide bonds. The van der Waals surface area contributed by atoms with Crippen molar-refractivity contribution in [3.63, 3.8) is 0 Å². The number of nitrogens with two attached hydrogens (primary N) is 1. The highest BCUT2D eigenvalue weighted by Crippen LogP contribution is 2.37. The van der Waals surface area contributed by atoms with Crippen LogP contribution in [0.4, 0.5) is 5.95 Å². The third kappa shape index (κ3) is 1.72. The fraction of sp³-hybridized carbons (Fsp3) is 0.636. The van der Waals surface area contributed by atoms with Crippen LogP contribution in [0, 0.1) is 0 Å². The maximum absolute atomic E-state index is 5.60. The molecule has 3 heteroatoms. The molecule has 1 heterocycles. The molecule has 1 aliphatic rings. The summed E-state index contributed by atoms with van der Waals surface area (Å²) < 4.78 is 0. The summed E-state index contributed by atoms with van der Waals surface area (Å²) in [6.07, 6.45) is 8.18. The van der Waals surface area contributed by atoms with Crippen molar-refractivity contribution >= 4 is 5.95 Å². The van der Waals surface area contributed by atoms with Crippen molar-refractivity contribution in [2.24, 2.45) is 0 Å². The van der Waals surface area contributed by atoms with E-state index in [-0.39, 0.29) is 5.41 Å². The summed E-state index contributed by atoms with van der Waals surface area (Å²) in [5, 5.41) is 0. The van der Waals surface area contributed by atoms with Gasteiger partial charge in [0.2, 0.25) is 5.95 Å². The second-order valence-electron chi connectivity index (χ2n) is 4.42. The van der Waals surface area contributed by atoms with E-state index in [1.54, 1.807) is 6.20 Å². The molecule has 2 rings (SSSR count). The first-order valence-corrected chi connectivity index (χ1v) is 5.30. The van der Waals surface area contributed by atoms with Crippen molar-refractivity contribution < 1.29 is 0 Å². The van der Waals surface area contributed by atoms with Gasteiger partial charge in [0.1, 0.15) is 0 Å². The van der Waals surface area contributed by atoms with E-state index in [2.05, 4.69) is 16.9 Å². The summed E-state index contributed by atoms with van der Waals surface area (Å²) in [6, 6.07) is 2.00. The number of anilines is 1. The first-order chi connectivity index (χ1) is 6.71. The molecular weight excluding hydrogens is 174 g/mol. The van der Waals surface area contributed by atoms with Gasteiger partial charge in [0, 0.05) is 11.6 Å². The Labute approximate surface area is 84.8 Å². The van der Waals surface area contributed by atoms with Gasteiger partial charge in [-0.15, -0.1) is 0 Å². The van der Waals surface area contributed by atoms with E-state index in [0.717, 1.165) is 5.69 Å². The summed E-state index contributed by atoms with van der Waals surface area (Å²) >= 11 is 0. The Kier molecular flexibility index (Phi) is 2.40. The Bertz CT molecular complexity index is 316. The van der Waals surface area contributed by atoms with Gasteiger partial charge in [0.05, 0.1) is 5.69 Å². The summed E-state index contributed by atoms with van der Waals surface area (Å²) in [5.41, 5.74) is 6.95. The van der Waals surface area contributed by atoms with E-state index >= 15 is 0 Å². The molecule has 1 aromatic heterocycles. The normalized spacial score (nSPS) is 20.6.